The number of hydrogen-bond donors (Lipinski definition) is 2. The highest BCUT2D eigenvalue weighted by Gasteiger charge is 2.10. The van der Waals surface area contributed by atoms with Crippen molar-refractivity contribution in [3.63, 3.8) is 0 Å². The van der Waals surface area contributed by atoms with Gasteiger partial charge in [-0.1, -0.05) is 23.7 Å². The Kier molecular flexibility index (Phi) is 2.78. The molecule has 13 heavy (non-hydrogen) atoms. The Hall–Kier alpha value is -1.22. The molecule has 0 spiro atoms. The molecule has 0 fully saturated rings. The molecule has 0 unspecified atom stereocenters. The van der Waals surface area contributed by atoms with E-state index in [2.05, 4.69) is 0 Å². The number of benzene rings is 1. The fourth-order valence-electron chi connectivity index (χ4n) is 1.00. The largest absolute Gasteiger partial charge is 0.506 e. The molecule has 0 saturated heterocycles. The molecule has 0 bridgehead atoms. The maximum Gasteiger partial charge on any atom is 0.307 e. The summed E-state index contributed by atoms with van der Waals surface area (Å²) in [5.41, 5.74) is 1.07. The molecule has 1 aromatic rings. The molecular weight excluding hydrogens is 192 g/mol. The molecule has 1 rings (SSSR count). The second kappa shape index (κ2) is 3.66. The van der Waals surface area contributed by atoms with E-state index in [-0.39, 0.29) is 17.2 Å². The van der Waals surface area contributed by atoms with E-state index in [4.69, 9.17) is 16.7 Å². The molecule has 0 radical (unpaired) electrons. The van der Waals surface area contributed by atoms with Crippen molar-refractivity contribution in [3.8, 4) is 5.75 Å². The Morgan fingerprint density at radius 2 is 2.15 bits per heavy atom. The van der Waals surface area contributed by atoms with E-state index < -0.39 is 5.97 Å². The summed E-state index contributed by atoms with van der Waals surface area (Å²) in [6.45, 7) is 1.70. The number of hydrogen-bond acceptors (Lipinski definition) is 2. The Morgan fingerprint density at radius 1 is 1.54 bits per heavy atom. The van der Waals surface area contributed by atoms with Crippen molar-refractivity contribution in [1.29, 1.82) is 0 Å². The molecule has 0 atom stereocenters. The van der Waals surface area contributed by atoms with Crippen LogP contribution in [0.15, 0.2) is 12.1 Å². The summed E-state index contributed by atoms with van der Waals surface area (Å²) < 4.78 is 0. The number of rotatable bonds is 2. The van der Waals surface area contributed by atoms with Crippen molar-refractivity contribution in [2.45, 2.75) is 13.3 Å². The molecule has 3 nitrogen and oxygen atoms in total. The minimum absolute atomic E-state index is 0.0413. The maximum atomic E-state index is 10.4. The molecule has 4 heteroatoms. The third kappa shape index (κ3) is 2.12. The maximum absolute atomic E-state index is 10.4. The van der Waals surface area contributed by atoms with Gasteiger partial charge in [-0.15, -0.1) is 0 Å². The number of carboxylic acids is 1. The summed E-state index contributed by atoms with van der Waals surface area (Å²) in [5, 5.41) is 18.0. The van der Waals surface area contributed by atoms with E-state index >= 15 is 0 Å². The van der Waals surface area contributed by atoms with Crippen LogP contribution < -0.4 is 0 Å². The number of phenolic OH excluding ortho intramolecular Hbond substituents is 1. The van der Waals surface area contributed by atoms with E-state index in [0.29, 0.717) is 11.1 Å². The van der Waals surface area contributed by atoms with Gasteiger partial charge in [0.15, 0.2) is 0 Å². The first kappa shape index (κ1) is 9.86. The van der Waals surface area contributed by atoms with Crippen molar-refractivity contribution in [1.82, 2.24) is 0 Å². The Balaban J connectivity index is 3.10. The first-order valence-electron chi connectivity index (χ1n) is 3.71. The lowest BCUT2D eigenvalue weighted by Gasteiger charge is -2.05. The van der Waals surface area contributed by atoms with Crippen LogP contribution in [-0.2, 0) is 11.2 Å². The van der Waals surface area contributed by atoms with Crippen LogP contribution in [0.3, 0.4) is 0 Å². The molecule has 0 aliphatic heterocycles. The third-order valence-corrected chi connectivity index (χ3v) is 2.16. The van der Waals surface area contributed by atoms with E-state index in [1.807, 2.05) is 0 Å². The fourth-order valence-corrected chi connectivity index (χ4v) is 1.28. The topological polar surface area (TPSA) is 57.5 Å². The van der Waals surface area contributed by atoms with Gasteiger partial charge in [0.1, 0.15) is 5.75 Å². The number of carbonyl (C=O) groups is 1. The standard InChI is InChI=1S/C9H9ClO3/c1-5-2-3-6(4-7(11)12)8(10)9(5)13/h2-3,13H,4H2,1H3,(H,11,12). The molecule has 2 N–H and O–H groups in total. The van der Waals surface area contributed by atoms with E-state index in [1.54, 1.807) is 19.1 Å². The number of phenols is 1. The predicted octanol–water partition coefficient (Wildman–Crippen LogP) is 1.98. The molecule has 0 aromatic heterocycles. The van der Waals surface area contributed by atoms with E-state index in [0.717, 1.165) is 0 Å². The minimum atomic E-state index is -0.967. The van der Waals surface area contributed by atoms with Crippen LogP contribution in [-0.4, -0.2) is 16.2 Å². The van der Waals surface area contributed by atoms with Gasteiger partial charge in [0.25, 0.3) is 0 Å². The lowest BCUT2D eigenvalue weighted by molar-refractivity contribution is -0.136. The lowest BCUT2D eigenvalue weighted by atomic mass is 10.1. The second-order valence-corrected chi connectivity index (χ2v) is 3.15. The molecule has 70 valence electrons. The second-order valence-electron chi connectivity index (χ2n) is 2.77. The van der Waals surface area contributed by atoms with Gasteiger partial charge in [0, 0.05) is 0 Å². The Bertz CT molecular complexity index is 347. The number of carboxylic acid groups (broad SMARTS) is 1. The Labute approximate surface area is 80.6 Å². The van der Waals surface area contributed by atoms with Crippen LogP contribution in [0, 0.1) is 6.92 Å². The summed E-state index contributed by atoms with van der Waals surface area (Å²) in [6.07, 6.45) is -0.174. The molecular formula is C9H9ClO3. The zero-order chi connectivity index (χ0) is 10.0. The zero-order valence-corrected chi connectivity index (χ0v) is 7.80. The molecule has 0 heterocycles. The van der Waals surface area contributed by atoms with Gasteiger partial charge in [-0.05, 0) is 18.1 Å². The number of aryl methyl sites for hydroxylation is 1. The average Bonchev–Trinajstić information content (AvgIpc) is 2.06. The number of aromatic hydroxyl groups is 1. The predicted molar refractivity (Wildman–Crippen MR) is 49.2 cm³/mol. The first-order valence-corrected chi connectivity index (χ1v) is 4.09. The van der Waals surface area contributed by atoms with Gasteiger partial charge in [0.2, 0.25) is 0 Å². The zero-order valence-electron chi connectivity index (χ0n) is 7.04. The summed E-state index contributed by atoms with van der Waals surface area (Å²) in [7, 11) is 0. The normalized spacial score (nSPS) is 10.0. The highest BCUT2D eigenvalue weighted by molar-refractivity contribution is 6.33. The molecule has 0 aliphatic carbocycles. The number of aliphatic carboxylic acids is 1. The van der Waals surface area contributed by atoms with Crippen molar-refractivity contribution in [3.05, 3.63) is 28.3 Å². The van der Waals surface area contributed by atoms with Gasteiger partial charge in [-0.25, -0.2) is 0 Å². The average molecular weight is 201 g/mol. The highest BCUT2D eigenvalue weighted by Crippen LogP contribution is 2.30. The third-order valence-electron chi connectivity index (χ3n) is 1.74. The van der Waals surface area contributed by atoms with Crippen molar-refractivity contribution in [2.75, 3.05) is 0 Å². The number of halogens is 1. The van der Waals surface area contributed by atoms with Gasteiger partial charge < -0.3 is 10.2 Å². The summed E-state index contributed by atoms with van der Waals surface area (Å²) in [5.74, 6) is -1.01. The summed E-state index contributed by atoms with van der Waals surface area (Å²) >= 11 is 5.73. The van der Waals surface area contributed by atoms with E-state index in [1.165, 1.54) is 0 Å². The van der Waals surface area contributed by atoms with Crippen molar-refractivity contribution in [2.24, 2.45) is 0 Å². The monoisotopic (exact) mass is 200 g/mol. The molecule has 1 aromatic carbocycles. The SMILES string of the molecule is Cc1ccc(CC(=O)O)c(Cl)c1O. The first-order chi connectivity index (χ1) is 6.02. The van der Waals surface area contributed by atoms with Crippen molar-refractivity contribution < 1.29 is 15.0 Å². The van der Waals surface area contributed by atoms with Crippen LogP contribution in [0.4, 0.5) is 0 Å². The summed E-state index contributed by atoms with van der Waals surface area (Å²) in [4.78, 5) is 10.4. The van der Waals surface area contributed by atoms with Gasteiger partial charge in [-0.3, -0.25) is 4.79 Å². The van der Waals surface area contributed by atoms with Gasteiger partial charge in [0.05, 0.1) is 11.4 Å². The quantitative estimate of drug-likeness (QED) is 0.768. The Morgan fingerprint density at radius 3 is 2.69 bits per heavy atom. The fraction of sp³-hybridized carbons (Fsp3) is 0.222. The minimum Gasteiger partial charge on any atom is -0.506 e. The van der Waals surface area contributed by atoms with Crippen LogP contribution in [0.25, 0.3) is 0 Å². The summed E-state index contributed by atoms with van der Waals surface area (Å²) in [6, 6.07) is 3.24. The lowest BCUT2D eigenvalue weighted by Crippen LogP contribution is -2.00. The van der Waals surface area contributed by atoms with Crippen LogP contribution in [0.1, 0.15) is 11.1 Å². The smallest absolute Gasteiger partial charge is 0.307 e. The van der Waals surface area contributed by atoms with Crippen LogP contribution >= 0.6 is 11.6 Å². The molecule has 0 saturated carbocycles. The molecule has 0 aliphatic rings. The van der Waals surface area contributed by atoms with E-state index in [9.17, 15) is 9.90 Å². The van der Waals surface area contributed by atoms with Crippen molar-refractivity contribution >= 4 is 17.6 Å². The van der Waals surface area contributed by atoms with Gasteiger partial charge >= 0.3 is 5.97 Å². The van der Waals surface area contributed by atoms with Crippen LogP contribution in [0.2, 0.25) is 5.02 Å². The highest BCUT2D eigenvalue weighted by atomic mass is 35.5. The molecule has 0 amide bonds. The van der Waals surface area contributed by atoms with Crippen LogP contribution in [0.5, 0.6) is 5.75 Å². The van der Waals surface area contributed by atoms with Gasteiger partial charge in [-0.2, -0.15) is 0 Å².